The molecule has 1 fully saturated rings. The smallest absolute Gasteiger partial charge is 0.0642 e. The van der Waals surface area contributed by atoms with Gasteiger partial charge in [-0.1, -0.05) is 37.3 Å². The number of nitrogens with two attached hydrogens (primary N) is 1. The second-order valence-electron chi connectivity index (χ2n) is 5.84. The first-order valence-electron chi connectivity index (χ1n) is 8.05. The number of nitrogens with zero attached hydrogens (tertiary/aromatic N) is 1. The first-order valence-corrected chi connectivity index (χ1v) is 8.05. The number of aryl methyl sites for hydroxylation is 1. The first-order chi connectivity index (χ1) is 10.8. The van der Waals surface area contributed by atoms with Gasteiger partial charge in [-0.3, -0.25) is 0 Å². The summed E-state index contributed by atoms with van der Waals surface area (Å²) < 4.78 is 5.40. The van der Waals surface area contributed by atoms with Crippen molar-refractivity contribution in [1.29, 1.82) is 0 Å². The summed E-state index contributed by atoms with van der Waals surface area (Å²) in [5.41, 5.74) is 12.2. The zero-order chi connectivity index (χ0) is 15.4. The van der Waals surface area contributed by atoms with Gasteiger partial charge in [0.25, 0.3) is 0 Å². The van der Waals surface area contributed by atoms with Crippen LogP contribution in [-0.4, -0.2) is 26.3 Å². The summed E-state index contributed by atoms with van der Waals surface area (Å²) in [5, 5.41) is 0. The maximum Gasteiger partial charge on any atom is 0.0642 e. The highest BCUT2D eigenvalue weighted by atomic mass is 16.5. The average Bonchev–Trinajstić information content (AvgIpc) is 2.56. The van der Waals surface area contributed by atoms with Crippen LogP contribution in [0.25, 0.3) is 0 Å². The third-order valence-electron chi connectivity index (χ3n) is 4.28. The standard InChI is InChI=1S/C19H24N2O/c1-2-15-3-5-16(6-4-15)13-17-7-8-19(18(20)14-17)21-9-11-22-12-10-21/h3-8,14H,2,9-13,20H2,1H3. The lowest BCUT2D eigenvalue weighted by Crippen LogP contribution is -2.36. The molecule has 2 aromatic rings. The van der Waals surface area contributed by atoms with Gasteiger partial charge in [0.1, 0.15) is 0 Å². The number of anilines is 2. The predicted octanol–water partition coefficient (Wildman–Crippen LogP) is 3.26. The van der Waals surface area contributed by atoms with Crippen LogP contribution in [0.1, 0.15) is 23.6 Å². The van der Waals surface area contributed by atoms with Gasteiger partial charge < -0.3 is 15.4 Å². The number of ether oxygens (including phenoxy) is 1. The Labute approximate surface area is 132 Å². The fraction of sp³-hybridized carbons (Fsp3) is 0.368. The van der Waals surface area contributed by atoms with E-state index >= 15 is 0 Å². The fourth-order valence-corrected chi connectivity index (χ4v) is 2.93. The Morgan fingerprint density at radius 1 is 0.955 bits per heavy atom. The van der Waals surface area contributed by atoms with E-state index in [4.69, 9.17) is 10.5 Å². The molecule has 1 aliphatic heterocycles. The van der Waals surface area contributed by atoms with Gasteiger partial charge >= 0.3 is 0 Å². The van der Waals surface area contributed by atoms with Crippen LogP contribution < -0.4 is 10.6 Å². The second kappa shape index (κ2) is 6.84. The molecule has 0 atom stereocenters. The highest BCUT2D eigenvalue weighted by Crippen LogP contribution is 2.26. The van der Waals surface area contributed by atoms with Crippen molar-refractivity contribution >= 4 is 11.4 Å². The Morgan fingerprint density at radius 2 is 1.59 bits per heavy atom. The lowest BCUT2D eigenvalue weighted by atomic mass is 10.0. The Hall–Kier alpha value is -2.00. The Kier molecular flexibility index (Phi) is 4.64. The maximum absolute atomic E-state index is 6.27. The monoisotopic (exact) mass is 296 g/mol. The van der Waals surface area contributed by atoms with Crippen molar-refractivity contribution in [2.45, 2.75) is 19.8 Å². The summed E-state index contributed by atoms with van der Waals surface area (Å²) in [6.07, 6.45) is 2.01. The molecule has 1 saturated heterocycles. The molecule has 1 aliphatic rings. The van der Waals surface area contributed by atoms with E-state index in [-0.39, 0.29) is 0 Å². The average molecular weight is 296 g/mol. The molecule has 0 spiro atoms. The topological polar surface area (TPSA) is 38.5 Å². The molecule has 3 heteroatoms. The number of morpholine rings is 1. The molecule has 0 bridgehead atoms. The minimum atomic E-state index is 0.783. The third-order valence-corrected chi connectivity index (χ3v) is 4.28. The predicted molar refractivity (Wildman–Crippen MR) is 92.5 cm³/mol. The Morgan fingerprint density at radius 3 is 2.23 bits per heavy atom. The SMILES string of the molecule is CCc1ccc(Cc2ccc(N3CCOCC3)c(N)c2)cc1. The molecule has 3 rings (SSSR count). The van der Waals surface area contributed by atoms with Crippen molar-refractivity contribution in [3.8, 4) is 0 Å². The maximum atomic E-state index is 6.27. The van der Waals surface area contributed by atoms with Gasteiger partial charge in [0.05, 0.1) is 24.6 Å². The molecule has 0 unspecified atom stereocenters. The minimum Gasteiger partial charge on any atom is -0.397 e. The van der Waals surface area contributed by atoms with Crippen LogP contribution in [0, 0.1) is 0 Å². The van der Waals surface area contributed by atoms with Crippen molar-refractivity contribution in [2.75, 3.05) is 36.9 Å². The number of benzene rings is 2. The first kappa shape index (κ1) is 14.9. The molecule has 0 aliphatic carbocycles. The van der Waals surface area contributed by atoms with E-state index in [1.165, 1.54) is 16.7 Å². The van der Waals surface area contributed by atoms with E-state index in [0.29, 0.717) is 0 Å². The summed E-state index contributed by atoms with van der Waals surface area (Å²) >= 11 is 0. The fourth-order valence-electron chi connectivity index (χ4n) is 2.93. The largest absolute Gasteiger partial charge is 0.397 e. The van der Waals surface area contributed by atoms with Crippen LogP contribution >= 0.6 is 0 Å². The summed E-state index contributed by atoms with van der Waals surface area (Å²) in [5.74, 6) is 0. The van der Waals surface area contributed by atoms with Gasteiger partial charge in [-0.2, -0.15) is 0 Å². The van der Waals surface area contributed by atoms with Crippen molar-refractivity contribution in [3.05, 3.63) is 59.2 Å². The molecule has 0 saturated carbocycles. The van der Waals surface area contributed by atoms with Gasteiger partial charge in [0, 0.05) is 13.1 Å². The van der Waals surface area contributed by atoms with Crippen molar-refractivity contribution in [3.63, 3.8) is 0 Å². The lowest BCUT2D eigenvalue weighted by molar-refractivity contribution is 0.123. The molecule has 22 heavy (non-hydrogen) atoms. The van der Waals surface area contributed by atoms with Crippen LogP contribution in [0.5, 0.6) is 0 Å². The summed E-state index contributed by atoms with van der Waals surface area (Å²) in [6.45, 7) is 5.58. The highest BCUT2D eigenvalue weighted by molar-refractivity contribution is 5.68. The van der Waals surface area contributed by atoms with Crippen molar-refractivity contribution in [1.82, 2.24) is 0 Å². The number of rotatable bonds is 4. The van der Waals surface area contributed by atoms with Crippen molar-refractivity contribution < 1.29 is 4.74 Å². The van der Waals surface area contributed by atoms with Crippen LogP contribution in [0.3, 0.4) is 0 Å². The third kappa shape index (κ3) is 3.42. The molecule has 3 nitrogen and oxygen atoms in total. The normalized spacial score (nSPS) is 15.0. The van der Waals surface area contributed by atoms with Crippen LogP contribution in [0.2, 0.25) is 0 Å². The number of hydrogen-bond donors (Lipinski definition) is 1. The molecule has 1 heterocycles. The van der Waals surface area contributed by atoms with E-state index in [1.807, 2.05) is 0 Å². The second-order valence-corrected chi connectivity index (χ2v) is 5.84. The van der Waals surface area contributed by atoms with Crippen LogP contribution in [0.4, 0.5) is 11.4 Å². The van der Waals surface area contributed by atoms with Gasteiger partial charge in [0.15, 0.2) is 0 Å². The Balaban J connectivity index is 1.73. The van der Waals surface area contributed by atoms with E-state index in [0.717, 1.165) is 50.5 Å². The zero-order valence-corrected chi connectivity index (χ0v) is 13.2. The molecular weight excluding hydrogens is 272 g/mol. The molecule has 0 amide bonds. The molecule has 0 radical (unpaired) electrons. The van der Waals surface area contributed by atoms with Gasteiger partial charge in [-0.25, -0.2) is 0 Å². The van der Waals surface area contributed by atoms with E-state index in [1.54, 1.807) is 0 Å². The molecule has 2 aromatic carbocycles. The molecule has 116 valence electrons. The minimum absolute atomic E-state index is 0.783. The van der Waals surface area contributed by atoms with Crippen LogP contribution in [0.15, 0.2) is 42.5 Å². The number of hydrogen-bond acceptors (Lipinski definition) is 3. The highest BCUT2D eigenvalue weighted by Gasteiger charge is 2.13. The van der Waals surface area contributed by atoms with E-state index in [9.17, 15) is 0 Å². The van der Waals surface area contributed by atoms with Gasteiger partial charge in [-0.05, 0) is 41.7 Å². The van der Waals surface area contributed by atoms with Gasteiger partial charge in [0.2, 0.25) is 0 Å². The van der Waals surface area contributed by atoms with E-state index < -0.39 is 0 Å². The zero-order valence-electron chi connectivity index (χ0n) is 13.2. The van der Waals surface area contributed by atoms with Crippen LogP contribution in [-0.2, 0) is 17.6 Å². The lowest BCUT2D eigenvalue weighted by Gasteiger charge is -2.30. The molecule has 2 N–H and O–H groups in total. The Bertz CT molecular complexity index is 616. The quantitative estimate of drug-likeness (QED) is 0.880. The van der Waals surface area contributed by atoms with Gasteiger partial charge in [-0.15, -0.1) is 0 Å². The summed E-state index contributed by atoms with van der Waals surface area (Å²) in [6, 6.07) is 15.3. The number of nitrogen functional groups attached to an aromatic ring is 1. The molecular formula is C19H24N2O. The van der Waals surface area contributed by atoms with Crippen molar-refractivity contribution in [2.24, 2.45) is 0 Å². The summed E-state index contributed by atoms with van der Waals surface area (Å²) in [7, 11) is 0. The van der Waals surface area contributed by atoms with E-state index in [2.05, 4.69) is 54.3 Å². The summed E-state index contributed by atoms with van der Waals surface area (Å²) in [4.78, 5) is 2.30. The molecule has 0 aromatic heterocycles.